The summed E-state index contributed by atoms with van der Waals surface area (Å²) in [6, 6.07) is 1.90. The van der Waals surface area contributed by atoms with Gasteiger partial charge in [0.1, 0.15) is 0 Å². The van der Waals surface area contributed by atoms with Crippen molar-refractivity contribution in [1.29, 1.82) is 0 Å². The van der Waals surface area contributed by atoms with E-state index in [1.165, 1.54) is 0 Å². The molecule has 1 aromatic heterocycles. The maximum Gasteiger partial charge on any atom is 0.253 e. The summed E-state index contributed by atoms with van der Waals surface area (Å²) in [5, 5.41) is 3.02. The van der Waals surface area contributed by atoms with Gasteiger partial charge in [-0.3, -0.25) is 4.79 Å². The normalized spacial score (nSPS) is 20.8. The lowest BCUT2D eigenvalue weighted by atomic mass is 10.2. The molecule has 3 nitrogen and oxygen atoms in total. The molecule has 0 unspecified atom stereocenters. The van der Waals surface area contributed by atoms with Gasteiger partial charge >= 0.3 is 0 Å². The molecule has 1 aliphatic carbocycles. The van der Waals surface area contributed by atoms with Gasteiger partial charge in [-0.15, -0.1) is 0 Å². The Kier molecular flexibility index (Phi) is 1.18. The number of fused-ring (bicyclic) bond motifs is 2. The Hall–Kier alpha value is -1.51. The maximum atomic E-state index is 11.6. The van der Waals surface area contributed by atoms with Crippen molar-refractivity contribution in [3.05, 3.63) is 29.6 Å². The number of carbonyl (C=O) groups excluding carboxylic acids is 1. The van der Waals surface area contributed by atoms with E-state index in [1.807, 2.05) is 13.0 Å². The molecule has 3 heteroatoms. The Labute approximate surface area is 82.2 Å². The molecule has 1 aliphatic heterocycles. The van der Waals surface area contributed by atoms with Crippen molar-refractivity contribution in [2.45, 2.75) is 25.3 Å². The number of rotatable bonds is 1. The molecule has 3 rings (SSSR count). The minimum Gasteiger partial charge on any atom is -0.356 e. The second-order valence-corrected chi connectivity index (χ2v) is 4.29. The standard InChI is InChI=1S/C11H12N2O/c1-6(2)8-5-7-9(12-8)11(3-4-11)13-10(7)14/h5,12H,1,3-4H2,2H3,(H,13,14). The molecule has 0 radical (unpaired) electrons. The second-order valence-electron chi connectivity index (χ2n) is 4.29. The van der Waals surface area contributed by atoms with Crippen LogP contribution >= 0.6 is 0 Å². The first kappa shape index (κ1) is 7.85. The summed E-state index contributed by atoms with van der Waals surface area (Å²) in [6.07, 6.45) is 2.11. The molecular weight excluding hydrogens is 176 g/mol. The van der Waals surface area contributed by atoms with Gasteiger partial charge < -0.3 is 10.3 Å². The molecule has 2 aliphatic rings. The van der Waals surface area contributed by atoms with Crippen LogP contribution in [0.5, 0.6) is 0 Å². The smallest absolute Gasteiger partial charge is 0.253 e. The van der Waals surface area contributed by atoms with Gasteiger partial charge in [0.25, 0.3) is 5.91 Å². The van der Waals surface area contributed by atoms with Gasteiger partial charge in [-0.2, -0.15) is 0 Å². The SMILES string of the molecule is C=C(C)c1cc2c([nH]1)C1(CC1)NC2=O. The number of hydrogen-bond acceptors (Lipinski definition) is 1. The van der Waals surface area contributed by atoms with Crippen molar-refractivity contribution < 1.29 is 4.79 Å². The average molecular weight is 188 g/mol. The fraction of sp³-hybridized carbons (Fsp3) is 0.364. The highest BCUT2D eigenvalue weighted by Crippen LogP contribution is 2.50. The molecule has 2 N–H and O–H groups in total. The van der Waals surface area contributed by atoms with Crippen LogP contribution < -0.4 is 5.32 Å². The molecule has 0 aromatic carbocycles. The number of carbonyl (C=O) groups is 1. The third-order valence-corrected chi connectivity index (χ3v) is 3.10. The minimum absolute atomic E-state index is 0.0416. The quantitative estimate of drug-likeness (QED) is 0.693. The summed E-state index contributed by atoms with van der Waals surface area (Å²) in [7, 11) is 0. The number of nitrogens with one attached hydrogen (secondary N) is 2. The third kappa shape index (κ3) is 0.794. The summed E-state index contributed by atoms with van der Waals surface area (Å²) >= 11 is 0. The van der Waals surface area contributed by atoms with E-state index < -0.39 is 0 Å². The molecular formula is C11H12N2O. The highest BCUT2D eigenvalue weighted by molar-refractivity contribution is 6.01. The van der Waals surface area contributed by atoms with Crippen molar-refractivity contribution in [2.24, 2.45) is 0 Å². The van der Waals surface area contributed by atoms with E-state index >= 15 is 0 Å². The van der Waals surface area contributed by atoms with Crippen molar-refractivity contribution in [3.63, 3.8) is 0 Å². The van der Waals surface area contributed by atoms with E-state index in [0.29, 0.717) is 0 Å². The zero-order chi connectivity index (χ0) is 9.92. The molecule has 1 fully saturated rings. The number of allylic oxidation sites excluding steroid dienone is 1. The molecule has 1 amide bonds. The second kappa shape index (κ2) is 2.11. The van der Waals surface area contributed by atoms with Gasteiger partial charge in [0, 0.05) is 5.69 Å². The van der Waals surface area contributed by atoms with E-state index in [1.54, 1.807) is 0 Å². The summed E-state index contributed by atoms with van der Waals surface area (Å²) in [6.45, 7) is 5.81. The van der Waals surface area contributed by atoms with Crippen LogP contribution in [0.3, 0.4) is 0 Å². The van der Waals surface area contributed by atoms with Gasteiger partial charge in [0.15, 0.2) is 0 Å². The predicted molar refractivity (Wildman–Crippen MR) is 53.9 cm³/mol. The number of H-pyrrole nitrogens is 1. The van der Waals surface area contributed by atoms with E-state index in [-0.39, 0.29) is 11.4 Å². The van der Waals surface area contributed by atoms with E-state index in [9.17, 15) is 4.79 Å². The lowest BCUT2D eigenvalue weighted by Gasteiger charge is -2.06. The third-order valence-electron chi connectivity index (χ3n) is 3.10. The molecule has 0 atom stereocenters. The molecule has 1 spiro atoms. The van der Waals surface area contributed by atoms with Crippen LogP contribution in [-0.4, -0.2) is 10.9 Å². The summed E-state index contributed by atoms with van der Waals surface area (Å²) in [5.74, 6) is 0.0567. The van der Waals surface area contributed by atoms with Crippen molar-refractivity contribution in [1.82, 2.24) is 10.3 Å². The van der Waals surface area contributed by atoms with Gasteiger partial charge in [0.2, 0.25) is 0 Å². The lowest BCUT2D eigenvalue weighted by Crippen LogP contribution is -2.26. The van der Waals surface area contributed by atoms with Crippen LogP contribution in [0.2, 0.25) is 0 Å². The van der Waals surface area contributed by atoms with Crippen LogP contribution in [0, 0.1) is 0 Å². The van der Waals surface area contributed by atoms with Gasteiger partial charge in [-0.25, -0.2) is 0 Å². The number of hydrogen-bond donors (Lipinski definition) is 2. The largest absolute Gasteiger partial charge is 0.356 e. The van der Waals surface area contributed by atoms with Gasteiger partial charge in [-0.1, -0.05) is 6.58 Å². The van der Waals surface area contributed by atoms with Crippen molar-refractivity contribution in [3.8, 4) is 0 Å². The first-order valence-corrected chi connectivity index (χ1v) is 4.84. The monoisotopic (exact) mass is 188 g/mol. The fourth-order valence-electron chi connectivity index (χ4n) is 2.09. The highest BCUT2D eigenvalue weighted by atomic mass is 16.2. The maximum absolute atomic E-state index is 11.6. The molecule has 72 valence electrons. The Morgan fingerprint density at radius 3 is 2.86 bits per heavy atom. The first-order valence-electron chi connectivity index (χ1n) is 4.84. The van der Waals surface area contributed by atoms with Crippen LogP contribution in [0.4, 0.5) is 0 Å². The fourth-order valence-corrected chi connectivity index (χ4v) is 2.09. The Bertz CT molecular complexity index is 452. The summed E-state index contributed by atoms with van der Waals surface area (Å²) in [4.78, 5) is 14.9. The number of aromatic amines is 1. The van der Waals surface area contributed by atoms with Gasteiger partial charge in [0.05, 0.1) is 16.8 Å². The lowest BCUT2D eigenvalue weighted by molar-refractivity contribution is 0.0952. The highest BCUT2D eigenvalue weighted by Gasteiger charge is 2.53. The van der Waals surface area contributed by atoms with E-state index in [0.717, 1.165) is 35.4 Å². The van der Waals surface area contributed by atoms with Crippen molar-refractivity contribution in [2.75, 3.05) is 0 Å². The zero-order valence-corrected chi connectivity index (χ0v) is 8.11. The molecule has 1 aromatic rings. The Morgan fingerprint density at radius 2 is 2.29 bits per heavy atom. The molecule has 0 saturated heterocycles. The number of amides is 1. The average Bonchev–Trinajstić information content (AvgIpc) is 2.67. The number of aromatic nitrogens is 1. The topological polar surface area (TPSA) is 44.9 Å². The van der Waals surface area contributed by atoms with E-state index in [2.05, 4.69) is 16.9 Å². The minimum atomic E-state index is -0.0416. The van der Waals surface area contributed by atoms with Crippen LogP contribution in [0.1, 0.15) is 41.5 Å². The van der Waals surface area contributed by atoms with Gasteiger partial charge in [-0.05, 0) is 31.4 Å². The first-order chi connectivity index (χ1) is 6.62. The molecule has 14 heavy (non-hydrogen) atoms. The Morgan fingerprint density at radius 1 is 1.57 bits per heavy atom. The molecule has 1 saturated carbocycles. The molecule has 2 heterocycles. The van der Waals surface area contributed by atoms with Crippen LogP contribution in [0.15, 0.2) is 12.6 Å². The van der Waals surface area contributed by atoms with E-state index in [4.69, 9.17) is 0 Å². The van der Waals surface area contributed by atoms with Crippen molar-refractivity contribution >= 4 is 11.5 Å². The predicted octanol–water partition coefficient (Wildman–Crippen LogP) is 1.78. The summed E-state index contributed by atoms with van der Waals surface area (Å²) in [5.41, 5.74) is 3.79. The zero-order valence-electron chi connectivity index (χ0n) is 8.11. The van der Waals surface area contributed by atoms with Crippen LogP contribution in [-0.2, 0) is 5.54 Å². The Balaban J connectivity index is 2.17. The summed E-state index contributed by atoms with van der Waals surface area (Å²) < 4.78 is 0. The van der Waals surface area contributed by atoms with Crippen LogP contribution in [0.25, 0.3) is 5.57 Å². The molecule has 0 bridgehead atoms.